The number of alkyl halides is 1. The van der Waals surface area contributed by atoms with Crippen molar-refractivity contribution in [3.05, 3.63) is 0 Å². The number of hydrogen-bond acceptors (Lipinski definition) is 2. The van der Waals surface area contributed by atoms with E-state index in [0.29, 0.717) is 13.0 Å². The molecule has 1 aliphatic heterocycles. The van der Waals surface area contributed by atoms with E-state index >= 15 is 0 Å². The Labute approximate surface area is 111 Å². The highest BCUT2D eigenvalue weighted by atomic mass is 79.9. The van der Waals surface area contributed by atoms with Gasteiger partial charge in [-0.15, -0.1) is 0 Å². The van der Waals surface area contributed by atoms with Crippen molar-refractivity contribution in [3.63, 3.8) is 0 Å². The molecule has 2 fully saturated rings. The topological polar surface area (TPSA) is 37.4 Å². The molecule has 1 spiro atoms. The number of imide groups is 1. The van der Waals surface area contributed by atoms with Gasteiger partial charge in [0.05, 0.1) is 5.41 Å². The minimum atomic E-state index is -0.302. The zero-order chi connectivity index (χ0) is 12.3. The van der Waals surface area contributed by atoms with Crippen LogP contribution in [0, 0.1) is 5.41 Å². The van der Waals surface area contributed by atoms with Gasteiger partial charge in [-0.1, -0.05) is 35.2 Å². The van der Waals surface area contributed by atoms with Gasteiger partial charge in [-0.3, -0.25) is 14.5 Å². The van der Waals surface area contributed by atoms with Gasteiger partial charge in [0.15, 0.2) is 0 Å². The van der Waals surface area contributed by atoms with Crippen LogP contribution in [0.1, 0.15) is 51.4 Å². The molecule has 0 N–H and O–H groups in total. The summed E-state index contributed by atoms with van der Waals surface area (Å²) < 4.78 is 0. The first-order valence-corrected chi connectivity index (χ1v) is 7.72. The Morgan fingerprint density at radius 3 is 2.47 bits per heavy atom. The van der Waals surface area contributed by atoms with Gasteiger partial charge < -0.3 is 0 Å². The van der Waals surface area contributed by atoms with Crippen LogP contribution in [-0.2, 0) is 9.59 Å². The van der Waals surface area contributed by atoms with Gasteiger partial charge in [0.2, 0.25) is 11.8 Å². The second-order valence-electron chi connectivity index (χ2n) is 5.26. The molecule has 0 bridgehead atoms. The van der Waals surface area contributed by atoms with Crippen LogP contribution in [0.25, 0.3) is 0 Å². The summed E-state index contributed by atoms with van der Waals surface area (Å²) in [5.41, 5.74) is -0.302. The van der Waals surface area contributed by atoms with Crippen molar-refractivity contribution in [1.29, 1.82) is 0 Å². The van der Waals surface area contributed by atoms with E-state index in [1.807, 2.05) is 0 Å². The SMILES string of the molecule is O=C1CC2(CCCCC2)C(=O)N1CCCCBr. The Morgan fingerprint density at radius 1 is 1.12 bits per heavy atom. The lowest BCUT2D eigenvalue weighted by molar-refractivity contribution is -0.142. The standard InChI is InChI=1S/C13H20BrNO2/c14-8-4-5-9-15-11(16)10-13(12(15)17)6-2-1-3-7-13/h1-10H2. The summed E-state index contributed by atoms with van der Waals surface area (Å²) >= 11 is 3.37. The van der Waals surface area contributed by atoms with Gasteiger partial charge in [-0.25, -0.2) is 0 Å². The Kier molecular flexibility index (Phi) is 4.23. The lowest BCUT2D eigenvalue weighted by Gasteiger charge is -2.30. The summed E-state index contributed by atoms with van der Waals surface area (Å²) in [7, 11) is 0. The van der Waals surface area contributed by atoms with Gasteiger partial charge in [0, 0.05) is 18.3 Å². The molecule has 2 rings (SSSR count). The first kappa shape index (κ1) is 13.1. The lowest BCUT2D eigenvalue weighted by atomic mass is 9.73. The van der Waals surface area contributed by atoms with Crippen molar-refractivity contribution in [2.24, 2.45) is 5.41 Å². The molecule has 0 unspecified atom stereocenters. The molecule has 4 heteroatoms. The van der Waals surface area contributed by atoms with E-state index in [4.69, 9.17) is 0 Å². The molecular formula is C13H20BrNO2. The third-order valence-electron chi connectivity index (χ3n) is 4.07. The first-order chi connectivity index (χ1) is 8.19. The first-order valence-electron chi connectivity index (χ1n) is 6.60. The molecule has 0 aromatic rings. The normalized spacial score (nSPS) is 23.7. The molecule has 1 saturated heterocycles. The second kappa shape index (κ2) is 5.51. The number of amides is 2. The number of hydrogen-bond donors (Lipinski definition) is 0. The molecule has 3 nitrogen and oxygen atoms in total. The maximum atomic E-state index is 12.4. The summed E-state index contributed by atoms with van der Waals surface area (Å²) in [6.45, 7) is 0.616. The Morgan fingerprint density at radius 2 is 1.82 bits per heavy atom. The minimum absolute atomic E-state index is 0.0615. The average Bonchev–Trinajstić information content (AvgIpc) is 2.55. The number of halogens is 1. The average molecular weight is 302 g/mol. The summed E-state index contributed by atoms with van der Waals surface area (Å²) in [6.07, 6.45) is 7.68. The van der Waals surface area contributed by atoms with E-state index in [1.165, 1.54) is 11.3 Å². The van der Waals surface area contributed by atoms with Crippen molar-refractivity contribution in [2.45, 2.75) is 51.4 Å². The van der Waals surface area contributed by atoms with Crippen molar-refractivity contribution in [1.82, 2.24) is 4.90 Å². The van der Waals surface area contributed by atoms with Crippen LogP contribution >= 0.6 is 15.9 Å². The van der Waals surface area contributed by atoms with E-state index in [0.717, 1.165) is 43.9 Å². The highest BCUT2D eigenvalue weighted by molar-refractivity contribution is 9.09. The fourth-order valence-electron chi connectivity index (χ4n) is 3.07. The molecule has 0 radical (unpaired) electrons. The Bertz CT molecular complexity index is 311. The van der Waals surface area contributed by atoms with Crippen LogP contribution in [0.2, 0.25) is 0 Å². The Balaban J connectivity index is 2.00. The quantitative estimate of drug-likeness (QED) is 0.455. The number of likely N-dealkylation sites (tertiary alicyclic amines) is 1. The van der Waals surface area contributed by atoms with Crippen molar-refractivity contribution in [3.8, 4) is 0 Å². The lowest BCUT2D eigenvalue weighted by Crippen LogP contribution is -2.37. The Hall–Kier alpha value is -0.380. The predicted molar refractivity (Wildman–Crippen MR) is 69.9 cm³/mol. The van der Waals surface area contributed by atoms with E-state index in [-0.39, 0.29) is 17.2 Å². The minimum Gasteiger partial charge on any atom is -0.282 e. The fourth-order valence-corrected chi connectivity index (χ4v) is 3.47. The van der Waals surface area contributed by atoms with Gasteiger partial charge >= 0.3 is 0 Å². The molecule has 1 heterocycles. The number of carbonyl (C=O) groups excluding carboxylic acids is 2. The monoisotopic (exact) mass is 301 g/mol. The number of rotatable bonds is 4. The molecule has 2 aliphatic rings. The van der Waals surface area contributed by atoms with Crippen molar-refractivity contribution < 1.29 is 9.59 Å². The van der Waals surface area contributed by atoms with Crippen molar-refractivity contribution in [2.75, 3.05) is 11.9 Å². The zero-order valence-electron chi connectivity index (χ0n) is 10.2. The molecule has 2 amide bonds. The van der Waals surface area contributed by atoms with Crippen LogP contribution in [0.4, 0.5) is 0 Å². The third kappa shape index (κ3) is 2.56. The van der Waals surface area contributed by atoms with E-state index in [9.17, 15) is 9.59 Å². The number of unbranched alkanes of at least 4 members (excludes halogenated alkanes) is 1. The molecule has 1 saturated carbocycles. The van der Waals surface area contributed by atoms with Crippen LogP contribution in [0.15, 0.2) is 0 Å². The summed E-state index contributed by atoms with van der Waals surface area (Å²) in [6, 6.07) is 0. The number of carbonyl (C=O) groups is 2. The maximum Gasteiger partial charge on any atom is 0.235 e. The smallest absolute Gasteiger partial charge is 0.235 e. The third-order valence-corrected chi connectivity index (χ3v) is 4.63. The van der Waals surface area contributed by atoms with Crippen LogP contribution in [0.5, 0.6) is 0 Å². The predicted octanol–water partition coefficient (Wildman–Crippen LogP) is 2.87. The largest absolute Gasteiger partial charge is 0.282 e. The van der Waals surface area contributed by atoms with Crippen LogP contribution in [-0.4, -0.2) is 28.6 Å². The van der Waals surface area contributed by atoms with E-state index in [2.05, 4.69) is 15.9 Å². The van der Waals surface area contributed by atoms with E-state index in [1.54, 1.807) is 0 Å². The molecule has 0 atom stereocenters. The van der Waals surface area contributed by atoms with Crippen LogP contribution in [0.3, 0.4) is 0 Å². The van der Waals surface area contributed by atoms with Gasteiger partial charge in [-0.2, -0.15) is 0 Å². The van der Waals surface area contributed by atoms with Gasteiger partial charge in [0.1, 0.15) is 0 Å². The second-order valence-corrected chi connectivity index (χ2v) is 6.06. The molecule has 0 aromatic carbocycles. The highest BCUT2D eigenvalue weighted by Gasteiger charge is 2.50. The maximum absolute atomic E-state index is 12.4. The molecule has 96 valence electrons. The summed E-state index contributed by atoms with van der Waals surface area (Å²) in [4.78, 5) is 25.8. The molecular weight excluding hydrogens is 282 g/mol. The van der Waals surface area contributed by atoms with E-state index < -0.39 is 0 Å². The van der Waals surface area contributed by atoms with Crippen LogP contribution < -0.4 is 0 Å². The van der Waals surface area contributed by atoms with Gasteiger partial charge in [-0.05, 0) is 25.7 Å². The summed E-state index contributed by atoms with van der Waals surface area (Å²) in [5.74, 6) is 0.184. The highest BCUT2D eigenvalue weighted by Crippen LogP contribution is 2.45. The van der Waals surface area contributed by atoms with Crippen molar-refractivity contribution >= 4 is 27.7 Å². The summed E-state index contributed by atoms with van der Waals surface area (Å²) in [5, 5.41) is 0.939. The number of nitrogens with zero attached hydrogens (tertiary/aromatic N) is 1. The molecule has 1 aliphatic carbocycles. The molecule has 0 aromatic heterocycles. The van der Waals surface area contributed by atoms with Gasteiger partial charge in [0.25, 0.3) is 0 Å². The fraction of sp³-hybridized carbons (Fsp3) is 0.846. The zero-order valence-corrected chi connectivity index (χ0v) is 11.8. The molecule has 17 heavy (non-hydrogen) atoms.